The Hall–Kier alpha value is -2.67. The Kier molecular flexibility index (Phi) is 2.31. The van der Waals surface area contributed by atoms with Crippen LogP contribution in [-0.4, -0.2) is 4.98 Å². The van der Waals surface area contributed by atoms with Gasteiger partial charge in [-0.05, 0) is 24.3 Å². The number of fused-ring (bicyclic) bond motifs is 1. The second-order valence-electron chi connectivity index (χ2n) is 3.78. The van der Waals surface area contributed by atoms with Crippen molar-refractivity contribution in [3.05, 3.63) is 54.2 Å². The summed E-state index contributed by atoms with van der Waals surface area (Å²) in [6.45, 7) is 0. The van der Waals surface area contributed by atoms with Crippen LogP contribution in [0.4, 0.5) is 4.39 Å². The number of benzene rings is 1. The largest absolute Gasteiger partial charge is 0.464 e. The number of furan rings is 1. The lowest BCUT2D eigenvalue weighted by Gasteiger charge is -2.02. The van der Waals surface area contributed by atoms with E-state index in [4.69, 9.17) is 9.68 Å². The van der Waals surface area contributed by atoms with Crippen LogP contribution >= 0.6 is 0 Å². The maximum Gasteiger partial charge on any atom is 0.231 e. The van der Waals surface area contributed by atoms with E-state index in [0.29, 0.717) is 5.69 Å². The molecule has 3 rings (SSSR count). The first-order valence-electron chi connectivity index (χ1n) is 5.33. The third-order valence-corrected chi connectivity index (χ3v) is 2.74. The molecule has 0 atom stereocenters. The predicted molar refractivity (Wildman–Crippen MR) is 64.1 cm³/mol. The number of nitrogens with zero attached hydrogens (tertiary/aromatic N) is 2. The minimum atomic E-state index is -0.754. The van der Waals surface area contributed by atoms with Crippen LogP contribution in [0, 0.1) is 17.3 Å². The molecule has 86 valence electrons. The molecule has 0 unspecified atom stereocenters. The minimum absolute atomic E-state index is 0.0573. The molecule has 0 fully saturated rings. The van der Waals surface area contributed by atoms with Gasteiger partial charge in [-0.3, -0.25) is 0 Å². The molecule has 0 aliphatic carbocycles. The van der Waals surface area contributed by atoms with Crippen LogP contribution in [0.1, 0.15) is 5.56 Å². The SMILES string of the molecule is N#Cc1ccc(-c2cccc3occc23)nc1F. The number of hydrogen-bond donors (Lipinski definition) is 0. The van der Waals surface area contributed by atoms with E-state index in [0.717, 1.165) is 16.5 Å². The van der Waals surface area contributed by atoms with Gasteiger partial charge in [0.05, 0.1) is 12.0 Å². The Balaban J connectivity index is 2.24. The average Bonchev–Trinajstić information content (AvgIpc) is 2.86. The van der Waals surface area contributed by atoms with Crippen LogP contribution in [0.2, 0.25) is 0 Å². The molecule has 3 nitrogen and oxygen atoms in total. The van der Waals surface area contributed by atoms with Crippen LogP contribution in [0.3, 0.4) is 0 Å². The van der Waals surface area contributed by atoms with Gasteiger partial charge in [0.2, 0.25) is 5.95 Å². The van der Waals surface area contributed by atoms with Crippen LogP contribution in [0.15, 0.2) is 47.1 Å². The molecular formula is C14H7FN2O. The van der Waals surface area contributed by atoms with Crippen molar-refractivity contribution in [1.29, 1.82) is 5.26 Å². The van der Waals surface area contributed by atoms with Gasteiger partial charge in [-0.15, -0.1) is 0 Å². The van der Waals surface area contributed by atoms with Crippen molar-refractivity contribution < 1.29 is 8.81 Å². The highest BCUT2D eigenvalue weighted by Gasteiger charge is 2.10. The zero-order valence-corrected chi connectivity index (χ0v) is 9.22. The Morgan fingerprint density at radius 1 is 1.17 bits per heavy atom. The molecule has 3 aromatic rings. The lowest BCUT2D eigenvalue weighted by molar-refractivity contribution is 0.581. The van der Waals surface area contributed by atoms with Crippen molar-refractivity contribution in [2.24, 2.45) is 0 Å². The van der Waals surface area contributed by atoms with Crippen molar-refractivity contribution in [3.63, 3.8) is 0 Å². The van der Waals surface area contributed by atoms with Gasteiger partial charge in [-0.25, -0.2) is 4.98 Å². The highest BCUT2D eigenvalue weighted by molar-refractivity contribution is 5.92. The van der Waals surface area contributed by atoms with Crippen molar-refractivity contribution in [2.75, 3.05) is 0 Å². The monoisotopic (exact) mass is 238 g/mol. The zero-order valence-electron chi connectivity index (χ0n) is 9.22. The van der Waals surface area contributed by atoms with Crippen molar-refractivity contribution in [3.8, 4) is 17.3 Å². The molecule has 0 bridgehead atoms. The standard InChI is InChI=1S/C14H7FN2O/c15-14-9(8-16)4-5-12(17-14)10-2-1-3-13-11(10)6-7-18-13/h1-7H. The summed E-state index contributed by atoms with van der Waals surface area (Å²) in [6.07, 6.45) is 1.58. The molecule has 0 N–H and O–H groups in total. The molecule has 0 spiro atoms. The normalized spacial score (nSPS) is 10.4. The summed E-state index contributed by atoms with van der Waals surface area (Å²) >= 11 is 0. The first kappa shape index (κ1) is 10.5. The van der Waals surface area contributed by atoms with Gasteiger partial charge in [0.25, 0.3) is 0 Å². The number of hydrogen-bond acceptors (Lipinski definition) is 3. The third kappa shape index (κ3) is 1.54. The molecule has 0 radical (unpaired) electrons. The molecular weight excluding hydrogens is 231 g/mol. The summed E-state index contributed by atoms with van der Waals surface area (Å²) in [4.78, 5) is 3.81. The van der Waals surface area contributed by atoms with Gasteiger partial charge in [-0.1, -0.05) is 12.1 Å². The first-order valence-corrected chi connectivity index (χ1v) is 5.33. The Bertz CT molecular complexity index is 771. The average molecular weight is 238 g/mol. The number of aromatic nitrogens is 1. The fourth-order valence-corrected chi connectivity index (χ4v) is 1.89. The number of halogens is 1. The summed E-state index contributed by atoms with van der Waals surface area (Å²) in [7, 11) is 0. The molecule has 0 saturated heterocycles. The van der Waals surface area contributed by atoms with Gasteiger partial charge < -0.3 is 4.42 Å². The Morgan fingerprint density at radius 3 is 2.83 bits per heavy atom. The van der Waals surface area contributed by atoms with E-state index in [9.17, 15) is 4.39 Å². The molecule has 0 aliphatic heterocycles. The first-order chi connectivity index (χ1) is 8.79. The summed E-state index contributed by atoms with van der Waals surface area (Å²) < 4.78 is 18.8. The van der Waals surface area contributed by atoms with E-state index in [1.807, 2.05) is 24.3 Å². The van der Waals surface area contributed by atoms with E-state index in [-0.39, 0.29) is 5.56 Å². The predicted octanol–water partition coefficient (Wildman–Crippen LogP) is 3.51. The molecule has 4 heteroatoms. The quantitative estimate of drug-likeness (QED) is 0.609. The van der Waals surface area contributed by atoms with Crippen LogP contribution in [0.25, 0.3) is 22.2 Å². The molecule has 0 aliphatic rings. The summed E-state index contributed by atoms with van der Waals surface area (Å²) in [5.41, 5.74) is 1.93. The van der Waals surface area contributed by atoms with Gasteiger partial charge in [-0.2, -0.15) is 9.65 Å². The van der Waals surface area contributed by atoms with Crippen LogP contribution in [-0.2, 0) is 0 Å². The van der Waals surface area contributed by atoms with Gasteiger partial charge >= 0.3 is 0 Å². The van der Waals surface area contributed by atoms with E-state index in [1.165, 1.54) is 6.07 Å². The third-order valence-electron chi connectivity index (χ3n) is 2.74. The van der Waals surface area contributed by atoms with E-state index >= 15 is 0 Å². The molecule has 0 saturated carbocycles. The highest BCUT2D eigenvalue weighted by Crippen LogP contribution is 2.28. The van der Waals surface area contributed by atoms with E-state index in [2.05, 4.69) is 4.98 Å². The fourth-order valence-electron chi connectivity index (χ4n) is 1.89. The zero-order chi connectivity index (χ0) is 12.5. The van der Waals surface area contributed by atoms with Crippen LogP contribution in [0.5, 0.6) is 0 Å². The van der Waals surface area contributed by atoms with Crippen molar-refractivity contribution >= 4 is 11.0 Å². The maximum atomic E-state index is 13.5. The van der Waals surface area contributed by atoms with Crippen molar-refractivity contribution in [1.82, 2.24) is 4.98 Å². The highest BCUT2D eigenvalue weighted by atomic mass is 19.1. The molecule has 0 amide bonds. The number of nitriles is 1. The topological polar surface area (TPSA) is 49.8 Å². The van der Waals surface area contributed by atoms with Crippen molar-refractivity contribution in [2.45, 2.75) is 0 Å². The molecule has 18 heavy (non-hydrogen) atoms. The molecule has 2 aromatic heterocycles. The maximum absolute atomic E-state index is 13.5. The second kappa shape index (κ2) is 3.97. The number of pyridine rings is 1. The summed E-state index contributed by atoms with van der Waals surface area (Å²) in [5, 5.41) is 9.54. The number of rotatable bonds is 1. The molecule has 1 aromatic carbocycles. The van der Waals surface area contributed by atoms with Gasteiger partial charge in [0, 0.05) is 10.9 Å². The Labute approximate surface area is 102 Å². The lowest BCUT2D eigenvalue weighted by atomic mass is 10.1. The van der Waals surface area contributed by atoms with E-state index in [1.54, 1.807) is 18.4 Å². The fraction of sp³-hybridized carbons (Fsp3) is 0. The summed E-state index contributed by atoms with van der Waals surface area (Å²) in [5.74, 6) is -0.754. The molecule has 2 heterocycles. The second-order valence-corrected chi connectivity index (χ2v) is 3.78. The van der Waals surface area contributed by atoms with Gasteiger partial charge in [0.15, 0.2) is 0 Å². The van der Waals surface area contributed by atoms with E-state index < -0.39 is 5.95 Å². The smallest absolute Gasteiger partial charge is 0.231 e. The minimum Gasteiger partial charge on any atom is -0.464 e. The van der Waals surface area contributed by atoms with Crippen LogP contribution < -0.4 is 0 Å². The van der Waals surface area contributed by atoms with Gasteiger partial charge in [0.1, 0.15) is 17.2 Å². The Morgan fingerprint density at radius 2 is 2.06 bits per heavy atom. The lowest BCUT2D eigenvalue weighted by Crippen LogP contribution is -1.92. The summed E-state index contributed by atoms with van der Waals surface area (Å²) in [6, 6.07) is 12.1.